The molecule has 0 aliphatic heterocycles. The van der Waals surface area contributed by atoms with Crippen LogP contribution >= 0.6 is 23.2 Å². The van der Waals surface area contributed by atoms with Crippen LogP contribution in [0, 0.1) is 5.82 Å². The second-order valence-electron chi connectivity index (χ2n) is 8.70. The Labute approximate surface area is 202 Å². The molecule has 2 N–H and O–H groups in total. The number of carbonyl (C=O) groups excluding carboxylic acids is 1. The minimum atomic E-state index is -0.487. The molecule has 3 aromatic rings. The van der Waals surface area contributed by atoms with Crippen molar-refractivity contribution in [2.75, 3.05) is 13.2 Å². The average molecular weight is 490 g/mol. The van der Waals surface area contributed by atoms with Crippen LogP contribution in [-0.2, 0) is 0 Å². The highest BCUT2D eigenvalue weighted by Crippen LogP contribution is 2.29. The first kappa shape index (κ1) is 23.7. The van der Waals surface area contributed by atoms with E-state index in [0.29, 0.717) is 35.7 Å². The summed E-state index contributed by atoms with van der Waals surface area (Å²) in [4.78, 5) is 17.3. The smallest absolute Gasteiger partial charge is 0.270 e. The van der Waals surface area contributed by atoms with Gasteiger partial charge in [-0.15, -0.1) is 0 Å². The summed E-state index contributed by atoms with van der Waals surface area (Å²) in [5, 5.41) is 8.30. The van der Waals surface area contributed by atoms with Crippen LogP contribution < -0.4 is 15.4 Å². The summed E-state index contributed by atoms with van der Waals surface area (Å²) in [5.74, 6) is -0.189. The van der Waals surface area contributed by atoms with Crippen LogP contribution in [0.2, 0.25) is 10.0 Å². The van der Waals surface area contributed by atoms with Crippen molar-refractivity contribution in [1.82, 2.24) is 15.6 Å². The molecule has 1 heterocycles. The third-order valence-corrected chi connectivity index (χ3v) is 6.62. The van der Waals surface area contributed by atoms with Crippen LogP contribution in [0.1, 0.15) is 43.1 Å². The molecular weight excluding hydrogens is 464 g/mol. The zero-order valence-corrected chi connectivity index (χ0v) is 19.8. The Morgan fingerprint density at radius 1 is 1.15 bits per heavy atom. The van der Waals surface area contributed by atoms with Gasteiger partial charge in [-0.05, 0) is 69.0 Å². The van der Waals surface area contributed by atoms with Crippen LogP contribution in [0.4, 0.5) is 4.39 Å². The Bertz CT molecular complexity index is 1150. The summed E-state index contributed by atoms with van der Waals surface area (Å²) >= 11 is 11.7. The van der Waals surface area contributed by atoms with Gasteiger partial charge in [-0.1, -0.05) is 29.3 Å². The van der Waals surface area contributed by atoms with Gasteiger partial charge in [0.05, 0.1) is 10.5 Å². The fraction of sp³-hybridized carbons (Fsp3) is 0.360. The topological polar surface area (TPSA) is 63.2 Å². The van der Waals surface area contributed by atoms with Crippen molar-refractivity contribution in [2.45, 2.75) is 44.2 Å². The van der Waals surface area contributed by atoms with E-state index in [0.717, 1.165) is 36.6 Å². The maximum atomic E-state index is 13.5. The molecule has 0 saturated heterocycles. The number of aromatic nitrogens is 1. The SMILES string of the molecule is CC1(NC(=O)c2ccc3cc(Cl)ccc3n2)CCC(NCCOc2ccc(Cl)c(F)c2)CC1. The van der Waals surface area contributed by atoms with E-state index >= 15 is 0 Å². The summed E-state index contributed by atoms with van der Waals surface area (Å²) in [6.45, 7) is 3.17. The second-order valence-corrected chi connectivity index (χ2v) is 9.54. The van der Waals surface area contributed by atoms with Gasteiger partial charge in [-0.2, -0.15) is 0 Å². The van der Waals surface area contributed by atoms with E-state index in [1.54, 1.807) is 18.2 Å². The summed E-state index contributed by atoms with van der Waals surface area (Å²) in [7, 11) is 0. The zero-order valence-electron chi connectivity index (χ0n) is 18.3. The molecule has 0 atom stereocenters. The summed E-state index contributed by atoms with van der Waals surface area (Å²) < 4.78 is 19.0. The number of nitrogens with one attached hydrogen (secondary N) is 2. The Kier molecular flexibility index (Phi) is 7.37. The first-order valence-electron chi connectivity index (χ1n) is 11.0. The van der Waals surface area contributed by atoms with Gasteiger partial charge in [0.1, 0.15) is 23.9 Å². The number of hydrogen-bond donors (Lipinski definition) is 2. The molecule has 1 aromatic heterocycles. The van der Waals surface area contributed by atoms with Crippen LogP contribution in [0.5, 0.6) is 5.75 Å². The molecule has 0 spiro atoms. The minimum Gasteiger partial charge on any atom is -0.492 e. The molecule has 1 fully saturated rings. The molecule has 1 saturated carbocycles. The van der Waals surface area contributed by atoms with E-state index in [9.17, 15) is 9.18 Å². The number of amides is 1. The van der Waals surface area contributed by atoms with Gasteiger partial charge in [0.2, 0.25) is 0 Å². The predicted molar refractivity (Wildman–Crippen MR) is 130 cm³/mol. The van der Waals surface area contributed by atoms with Crippen LogP contribution in [-0.4, -0.2) is 35.6 Å². The number of nitrogens with zero attached hydrogens (tertiary/aromatic N) is 1. The molecule has 0 bridgehead atoms. The van der Waals surface area contributed by atoms with Crippen LogP contribution in [0.25, 0.3) is 10.9 Å². The lowest BCUT2D eigenvalue weighted by molar-refractivity contribution is 0.0868. The first-order chi connectivity index (χ1) is 15.8. The Morgan fingerprint density at radius 2 is 1.94 bits per heavy atom. The van der Waals surface area contributed by atoms with Gasteiger partial charge in [0, 0.05) is 34.6 Å². The lowest BCUT2D eigenvalue weighted by Crippen LogP contribution is -2.51. The van der Waals surface area contributed by atoms with E-state index in [1.165, 1.54) is 12.1 Å². The molecule has 0 unspecified atom stereocenters. The number of hydrogen-bond acceptors (Lipinski definition) is 4. The van der Waals surface area contributed by atoms with Crippen molar-refractivity contribution in [3.05, 3.63) is 70.1 Å². The fourth-order valence-corrected chi connectivity index (χ4v) is 4.44. The molecule has 33 heavy (non-hydrogen) atoms. The third kappa shape index (κ3) is 6.14. The number of benzene rings is 2. The summed E-state index contributed by atoms with van der Waals surface area (Å²) in [5.41, 5.74) is 0.874. The lowest BCUT2D eigenvalue weighted by Gasteiger charge is -2.38. The molecule has 0 radical (unpaired) electrons. The van der Waals surface area contributed by atoms with E-state index in [4.69, 9.17) is 27.9 Å². The van der Waals surface area contributed by atoms with E-state index < -0.39 is 5.82 Å². The zero-order chi connectivity index (χ0) is 23.4. The van der Waals surface area contributed by atoms with E-state index in [1.807, 2.05) is 18.2 Å². The normalized spacial score (nSPS) is 20.5. The summed E-state index contributed by atoms with van der Waals surface area (Å²) in [6.07, 6.45) is 3.61. The largest absolute Gasteiger partial charge is 0.492 e. The van der Waals surface area contributed by atoms with Crippen LogP contribution in [0.15, 0.2) is 48.5 Å². The molecule has 2 aromatic carbocycles. The second kappa shape index (κ2) is 10.2. The maximum Gasteiger partial charge on any atom is 0.270 e. The lowest BCUT2D eigenvalue weighted by atomic mass is 9.80. The van der Waals surface area contributed by atoms with Gasteiger partial charge >= 0.3 is 0 Å². The highest BCUT2D eigenvalue weighted by molar-refractivity contribution is 6.31. The Balaban J connectivity index is 1.23. The molecule has 8 heteroatoms. The highest BCUT2D eigenvalue weighted by atomic mass is 35.5. The maximum absolute atomic E-state index is 13.5. The monoisotopic (exact) mass is 489 g/mol. The average Bonchev–Trinajstić information content (AvgIpc) is 2.79. The quantitative estimate of drug-likeness (QED) is 0.412. The van der Waals surface area contributed by atoms with Crippen molar-refractivity contribution >= 4 is 40.0 Å². The number of pyridine rings is 1. The number of halogens is 3. The van der Waals surface area contributed by atoms with Crippen molar-refractivity contribution in [1.29, 1.82) is 0 Å². The minimum absolute atomic E-state index is 0.0825. The fourth-order valence-electron chi connectivity index (χ4n) is 4.14. The van der Waals surface area contributed by atoms with E-state index in [-0.39, 0.29) is 16.5 Å². The van der Waals surface area contributed by atoms with Gasteiger partial charge in [-0.3, -0.25) is 4.79 Å². The molecule has 1 aliphatic carbocycles. The number of rotatable bonds is 7. The summed E-state index contributed by atoms with van der Waals surface area (Å²) in [6, 6.07) is 13.8. The van der Waals surface area contributed by atoms with Gasteiger partial charge in [0.25, 0.3) is 5.91 Å². The number of carbonyl (C=O) groups is 1. The van der Waals surface area contributed by atoms with Crippen molar-refractivity contribution in [3.8, 4) is 5.75 Å². The van der Waals surface area contributed by atoms with E-state index in [2.05, 4.69) is 22.5 Å². The van der Waals surface area contributed by atoms with Crippen LogP contribution in [0.3, 0.4) is 0 Å². The molecule has 5 nitrogen and oxygen atoms in total. The Hall–Kier alpha value is -2.41. The van der Waals surface area contributed by atoms with Crippen molar-refractivity contribution in [3.63, 3.8) is 0 Å². The molecule has 1 aliphatic rings. The number of ether oxygens (including phenoxy) is 1. The third-order valence-electron chi connectivity index (χ3n) is 6.08. The first-order valence-corrected chi connectivity index (χ1v) is 11.8. The molecule has 1 amide bonds. The molecule has 174 valence electrons. The van der Waals surface area contributed by atoms with Gasteiger partial charge < -0.3 is 15.4 Å². The highest BCUT2D eigenvalue weighted by Gasteiger charge is 2.32. The Morgan fingerprint density at radius 3 is 2.70 bits per heavy atom. The molecular formula is C25H26Cl2FN3O2. The molecule has 4 rings (SSSR count). The van der Waals surface area contributed by atoms with Gasteiger partial charge in [-0.25, -0.2) is 9.37 Å². The van der Waals surface area contributed by atoms with Gasteiger partial charge in [0.15, 0.2) is 0 Å². The standard InChI is InChI=1S/C25H26Cl2FN3O2/c1-25(31-24(32)23-6-2-16-14-17(26)3-7-22(16)30-23)10-8-18(9-11-25)29-12-13-33-19-4-5-20(27)21(28)15-19/h2-7,14-15,18,29H,8-13H2,1H3,(H,31,32). The number of fused-ring (bicyclic) bond motifs is 1. The predicted octanol–water partition coefficient (Wildman–Crippen LogP) is 5.78. The van der Waals surface area contributed by atoms with Crippen molar-refractivity contribution in [2.24, 2.45) is 0 Å². The van der Waals surface area contributed by atoms with Crippen molar-refractivity contribution < 1.29 is 13.9 Å².